The average molecular weight is 208 g/mol. The van der Waals surface area contributed by atoms with Crippen molar-refractivity contribution in [1.29, 1.82) is 0 Å². The Balaban J connectivity index is 2.60. The van der Waals surface area contributed by atoms with Crippen LogP contribution in [0.3, 0.4) is 0 Å². The van der Waals surface area contributed by atoms with E-state index in [-0.39, 0.29) is 5.91 Å². The molecule has 0 aromatic heterocycles. The van der Waals surface area contributed by atoms with Crippen molar-refractivity contribution in [2.75, 3.05) is 19.4 Å². The Labute approximate surface area is 89.6 Å². The molecule has 0 fully saturated rings. The maximum atomic E-state index is 11.2. The summed E-state index contributed by atoms with van der Waals surface area (Å²) >= 11 is 0. The Bertz CT molecular complexity index is 322. The van der Waals surface area contributed by atoms with E-state index in [1.54, 1.807) is 14.0 Å². The highest BCUT2D eigenvalue weighted by Gasteiger charge is 2.11. The van der Waals surface area contributed by atoms with Gasteiger partial charge < -0.3 is 15.4 Å². The van der Waals surface area contributed by atoms with Crippen molar-refractivity contribution in [3.8, 4) is 5.75 Å². The van der Waals surface area contributed by atoms with Crippen LogP contribution in [0.2, 0.25) is 0 Å². The van der Waals surface area contributed by atoms with Crippen LogP contribution >= 0.6 is 0 Å². The van der Waals surface area contributed by atoms with Crippen molar-refractivity contribution >= 4 is 11.6 Å². The summed E-state index contributed by atoms with van der Waals surface area (Å²) in [5, 5.41) is 5.54. The van der Waals surface area contributed by atoms with Gasteiger partial charge in [-0.3, -0.25) is 4.79 Å². The van der Waals surface area contributed by atoms with Crippen LogP contribution < -0.4 is 15.4 Å². The third kappa shape index (κ3) is 3.16. The molecule has 15 heavy (non-hydrogen) atoms. The number of hydrogen-bond donors (Lipinski definition) is 2. The van der Waals surface area contributed by atoms with E-state index < -0.39 is 6.10 Å². The zero-order valence-electron chi connectivity index (χ0n) is 9.20. The van der Waals surface area contributed by atoms with Crippen molar-refractivity contribution < 1.29 is 9.53 Å². The Morgan fingerprint density at radius 3 is 2.33 bits per heavy atom. The molecule has 0 aliphatic heterocycles. The number of amides is 1. The molecular weight excluding hydrogens is 192 g/mol. The fraction of sp³-hybridized carbons (Fsp3) is 0.364. The maximum absolute atomic E-state index is 11.2. The third-order valence-corrected chi connectivity index (χ3v) is 2.07. The second kappa shape index (κ2) is 5.24. The average Bonchev–Trinajstić information content (AvgIpc) is 2.29. The number of carbonyl (C=O) groups is 1. The molecule has 0 heterocycles. The molecule has 82 valence electrons. The summed E-state index contributed by atoms with van der Waals surface area (Å²) in [6, 6.07) is 7.44. The topological polar surface area (TPSA) is 50.4 Å². The lowest BCUT2D eigenvalue weighted by Gasteiger charge is -2.13. The van der Waals surface area contributed by atoms with Gasteiger partial charge in [-0.2, -0.15) is 0 Å². The van der Waals surface area contributed by atoms with Crippen molar-refractivity contribution in [2.45, 2.75) is 13.0 Å². The minimum Gasteiger partial charge on any atom is -0.481 e. The van der Waals surface area contributed by atoms with Crippen LogP contribution in [-0.2, 0) is 4.79 Å². The van der Waals surface area contributed by atoms with E-state index in [1.807, 2.05) is 31.3 Å². The predicted molar refractivity (Wildman–Crippen MR) is 60.1 cm³/mol. The Morgan fingerprint density at radius 2 is 1.87 bits per heavy atom. The van der Waals surface area contributed by atoms with Crippen molar-refractivity contribution in [2.24, 2.45) is 0 Å². The van der Waals surface area contributed by atoms with Crippen LogP contribution in [0.4, 0.5) is 5.69 Å². The number of benzene rings is 1. The quantitative estimate of drug-likeness (QED) is 0.782. The molecule has 2 N–H and O–H groups in total. The van der Waals surface area contributed by atoms with Gasteiger partial charge in [-0.05, 0) is 31.2 Å². The van der Waals surface area contributed by atoms with Gasteiger partial charge in [0.15, 0.2) is 6.10 Å². The summed E-state index contributed by atoms with van der Waals surface area (Å²) in [4.78, 5) is 11.2. The molecule has 0 aliphatic carbocycles. The van der Waals surface area contributed by atoms with E-state index in [9.17, 15) is 4.79 Å². The lowest BCUT2D eigenvalue weighted by Crippen LogP contribution is -2.33. The number of ether oxygens (including phenoxy) is 1. The Kier molecular flexibility index (Phi) is 3.97. The highest BCUT2D eigenvalue weighted by Crippen LogP contribution is 2.16. The highest BCUT2D eigenvalue weighted by molar-refractivity contribution is 5.80. The van der Waals surface area contributed by atoms with Crippen molar-refractivity contribution in [1.82, 2.24) is 5.32 Å². The van der Waals surface area contributed by atoms with Crippen LogP contribution in [0.15, 0.2) is 24.3 Å². The van der Waals surface area contributed by atoms with Gasteiger partial charge in [-0.15, -0.1) is 0 Å². The van der Waals surface area contributed by atoms with E-state index in [2.05, 4.69) is 10.6 Å². The standard InChI is InChI=1S/C11H16N2O2/c1-8(11(14)13-3)15-10-6-4-9(12-2)5-7-10/h4-8,12H,1-3H3,(H,13,14). The van der Waals surface area contributed by atoms with Gasteiger partial charge >= 0.3 is 0 Å². The third-order valence-electron chi connectivity index (χ3n) is 2.07. The number of rotatable bonds is 4. The lowest BCUT2D eigenvalue weighted by atomic mass is 10.3. The molecule has 1 aromatic carbocycles. The summed E-state index contributed by atoms with van der Waals surface area (Å²) in [5.74, 6) is 0.554. The lowest BCUT2D eigenvalue weighted by molar-refractivity contribution is -0.126. The second-order valence-electron chi connectivity index (χ2n) is 3.15. The first-order valence-electron chi connectivity index (χ1n) is 4.83. The first-order valence-corrected chi connectivity index (χ1v) is 4.83. The maximum Gasteiger partial charge on any atom is 0.260 e. The monoisotopic (exact) mass is 208 g/mol. The van der Waals surface area contributed by atoms with Crippen molar-refractivity contribution in [3.05, 3.63) is 24.3 Å². The predicted octanol–water partition coefficient (Wildman–Crippen LogP) is 1.24. The summed E-state index contributed by atoms with van der Waals surface area (Å²) in [7, 11) is 3.44. The van der Waals surface area contributed by atoms with Crippen LogP contribution in [0.25, 0.3) is 0 Å². The molecule has 0 bridgehead atoms. The van der Waals surface area contributed by atoms with Gasteiger partial charge in [0.05, 0.1) is 0 Å². The van der Waals surface area contributed by atoms with Gasteiger partial charge in [0, 0.05) is 19.8 Å². The molecule has 0 saturated heterocycles. The zero-order chi connectivity index (χ0) is 11.3. The molecule has 1 rings (SSSR count). The minimum absolute atomic E-state index is 0.132. The molecule has 0 radical (unpaired) electrons. The SMILES string of the molecule is CNC(=O)C(C)Oc1ccc(NC)cc1. The summed E-state index contributed by atoms with van der Waals surface area (Å²) in [6.45, 7) is 1.71. The van der Waals surface area contributed by atoms with Gasteiger partial charge in [-0.25, -0.2) is 0 Å². The van der Waals surface area contributed by atoms with Gasteiger partial charge in [-0.1, -0.05) is 0 Å². The van der Waals surface area contributed by atoms with E-state index in [0.29, 0.717) is 5.75 Å². The van der Waals surface area contributed by atoms with E-state index >= 15 is 0 Å². The highest BCUT2D eigenvalue weighted by atomic mass is 16.5. The fourth-order valence-electron chi connectivity index (χ4n) is 1.16. The summed E-state index contributed by atoms with van der Waals surface area (Å²) < 4.78 is 5.43. The van der Waals surface area contributed by atoms with Crippen LogP contribution in [0.5, 0.6) is 5.75 Å². The summed E-state index contributed by atoms with van der Waals surface area (Å²) in [6.07, 6.45) is -0.476. The van der Waals surface area contributed by atoms with Gasteiger partial charge in [0.25, 0.3) is 5.91 Å². The number of carbonyl (C=O) groups excluding carboxylic acids is 1. The minimum atomic E-state index is -0.476. The van der Waals surface area contributed by atoms with Crippen molar-refractivity contribution in [3.63, 3.8) is 0 Å². The zero-order valence-corrected chi connectivity index (χ0v) is 9.20. The molecule has 0 saturated carbocycles. The van der Waals surface area contributed by atoms with Crippen LogP contribution in [0.1, 0.15) is 6.92 Å². The second-order valence-corrected chi connectivity index (χ2v) is 3.15. The first-order chi connectivity index (χ1) is 7.17. The number of nitrogens with one attached hydrogen (secondary N) is 2. The molecule has 1 unspecified atom stereocenters. The molecular formula is C11H16N2O2. The first kappa shape index (κ1) is 11.4. The molecule has 1 amide bonds. The largest absolute Gasteiger partial charge is 0.481 e. The molecule has 0 spiro atoms. The molecule has 4 nitrogen and oxygen atoms in total. The number of likely N-dealkylation sites (N-methyl/N-ethyl adjacent to an activating group) is 1. The Hall–Kier alpha value is -1.71. The fourth-order valence-corrected chi connectivity index (χ4v) is 1.16. The Morgan fingerprint density at radius 1 is 1.27 bits per heavy atom. The van der Waals surface area contributed by atoms with Crippen LogP contribution in [0, 0.1) is 0 Å². The molecule has 0 aliphatic rings. The van der Waals surface area contributed by atoms with E-state index in [1.165, 1.54) is 0 Å². The number of hydrogen-bond acceptors (Lipinski definition) is 3. The number of anilines is 1. The summed E-state index contributed by atoms with van der Waals surface area (Å²) in [5.41, 5.74) is 1.01. The molecule has 1 atom stereocenters. The van der Waals surface area contributed by atoms with E-state index in [4.69, 9.17) is 4.74 Å². The molecule has 1 aromatic rings. The smallest absolute Gasteiger partial charge is 0.260 e. The molecule has 4 heteroatoms. The van der Waals surface area contributed by atoms with Gasteiger partial charge in [0.1, 0.15) is 5.75 Å². The van der Waals surface area contributed by atoms with Crippen LogP contribution in [-0.4, -0.2) is 26.1 Å². The normalized spacial score (nSPS) is 11.7. The van der Waals surface area contributed by atoms with Gasteiger partial charge in [0.2, 0.25) is 0 Å². The van der Waals surface area contributed by atoms with E-state index in [0.717, 1.165) is 5.69 Å².